The summed E-state index contributed by atoms with van der Waals surface area (Å²) >= 11 is 0. The van der Waals surface area contributed by atoms with Crippen molar-refractivity contribution >= 4 is 0 Å². The predicted molar refractivity (Wildman–Crippen MR) is 56.6 cm³/mol. The Balaban J connectivity index is 2.23. The minimum absolute atomic E-state index is 0.0255. The molecule has 0 bridgehead atoms. The third-order valence-corrected chi connectivity index (χ3v) is 3.40. The Morgan fingerprint density at radius 2 is 1.71 bits per heavy atom. The lowest BCUT2D eigenvalue weighted by Gasteiger charge is -2.33. The molecule has 5 heteroatoms. The van der Waals surface area contributed by atoms with Gasteiger partial charge >= 0.3 is 0 Å². The first-order chi connectivity index (χ1) is 8.00. The number of nitrogens with two attached hydrogens (primary N) is 1. The zero-order valence-corrected chi connectivity index (χ0v) is 9.17. The van der Waals surface area contributed by atoms with Gasteiger partial charge < -0.3 is 10.8 Å². The number of hydrogen-bond donors (Lipinski definition) is 2. The first kappa shape index (κ1) is 12.4. The maximum absolute atomic E-state index is 13.4. The van der Waals surface area contributed by atoms with Crippen molar-refractivity contribution in [1.82, 2.24) is 0 Å². The monoisotopic (exact) mass is 245 g/mol. The summed E-state index contributed by atoms with van der Waals surface area (Å²) in [6.45, 7) is 0. The van der Waals surface area contributed by atoms with Crippen molar-refractivity contribution in [3.8, 4) is 0 Å². The van der Waals surface area contributed by atoms with Gasteiger partial charge in [-0.3, -0.25) is 0 Å². The molecule has 1 aliphatic carbocycles. The number of aliphatic hydroxyl groups is 1. The molecule has 0 aliphatic heterocycles. The van der Waals surface area contributed by atoms with Crippen molar-refractivity contribution in [1.29, 1.82) is 0 Å². The van der Waals surface area contributed by atoms with E-state index >= 15 is 0 Å². The second kappa shape index (κ2) is 4.66. The molecule has 94 valence electrons. The smallest absolute Gasteiger partial charge is 0.161 e. The molecule has 0 unspecified atom stereocenters. The second-order valence-corrected chi connectivity index (χ2v) is 4.50. The maximum Gasteiger partial charge on any atom is 0.161 e. The molecular weight excluding hydrogens is 231 g/mol. The lowest BCUT2D eigenvalue weighted by Crippen LogP contribution is -2.37. The van der Waals surface area contributed by atoms with Gasteiger partial charge in [0, 0.05) is 11.6 Å². The minimum atomic E-state index is -1.25. The molecule has 1 aromatic carbocycles. The summed E-state index contributed by atoms with van der Waals surface area (Å²) in [6, 6.07) is 0.158. The van der Waals surface area contributed by atoms with Crippen molar-refractivity contribution in [3.05, 3.63) is 35.1 Å². The van der Waals surface area contributed by atoms with E-state index in [-0.39, 0.29) is 11.5 Å². The summed E-state index contributed by atoms with van der Waals surface area (Å²) in [7, 11) is 0. The maximum atomic E-state index is 13.4. The third-order valence-electron chi connectivity index (χ3n) is 3.40. The Morgan fingerprint density at radius 1 is 1.12 bits per heavy atom. The number of aliphatic hydroxyl groups excluding tert-OH is 1. The van der Waals surface area contributed by atoms with Crippen molar-refractivity contribution in [2.75, 3.05) is 0 Å². The highest BCUT2D eigenvalue weighted by atomic mass is 19.2. The van der Waals surface area contributed by atoms with Gasteiger partial charge in [-0.2, -0.15) is 0 Å². The van der Waals surface area contributed by atoms with Crippen molar-refractivity contribution in [3.63, 3.8) is 0 Å². The van der Waals surface area contributed by atoms with Crippen LogP contribution < -0.4 is 5.73 Å². The Kier molecular flexibility index (Phi) is 3.40. The van der Waals surface area contributed by atoms with Crippen LogP contribution in [-0.4, -0.2) is 11.2 Å². The van der Waals surface area contributed by atoms with Crippen LogP contribution in [0.25, 0.3) is 0 Å². The second-order valence-electron chi connectivity index (χ2n) is 4.50. The van der Waals surface area contributed by atoms with Crippen molar-refractivity contribution in [2.45, 2.75) is 31.4 Å². The molecule has 0 aromatic heterocycles. The first-order valence-electron chi connectivity index (χ1n) is 5.59. The van der Waals surface area contributed by atoms with E-state index in [4.69, 9.17) is 5.73 Å². The van der Waals surface area contributed by atoms with Crippen LogP contribution in [-0.2, 0) is 0 Å². The fraction of sp³-hybridized carbons (Fsp3) is 0.500. The van der Waals surface area contributed by atoms with E-state index in [0.717, 1.165) is 25.3 Å². The highest BCUT2D eigenvalue weighted by Crippen LogP contribution is 2.35. The fourth-order valence-electron chi connectivity index (χ4n) is 2.05. The van der Waals surface area contributed by atoms with Gasteiger partial charge in [0.2, 0.25) is 0 Å². The quantitative estimate of drug-likeness (QED) is 0.802. The van der Waals surface area contributed by atoms with Gasteiger partial charge in [0.05, 0.1) is 12.1 Å². The summed E-state index contributed by atoms with van der Waals surface area (Å²) < 4.78 is 39.2. The van der Waals surface area contributed by atoms with Crippen LogP contribution in [0.3, 0.4) is 0 Å². The van der Waals surface area contributed by atoms with E-state index in [2.05, 4.69) is 0 Å². The number of hydrogen-bond acceptors (Lipinski definition) is 2. The molecular formula is C12H14F3NO. The molecule has 17 heavy (non-hydrogen) atoms. The molecule has 2 rings (SSSR count). The largest absolute Gasteiger partial charge is 0.391 e. The van der Waals surface area contributed by atoms with Gasteiger partial charge in [-0.05, 0) is 24.8 Å². The number of rotatable bonds is 3. The molecule has 0 spiro atoms. The Labute approximate surface area is 97.2 Å². The molecule has 1 saturated carbocycles. The van der Waals surface area contributed by atoms with Gasteiger partial charge in [-0.15, -0.1) is 0 Å². The van der Waals surface area contributed by atoms with Crippen LogP contribution >= 0.6 is 0 Å². The normalized spacial score (nSPS) is 19.8. The molecule has 0 radical (unpaired) electrons. The van der Waals surface area contributed by atoms with Gasteiger partial charge in [0.15, 0.2) is 11.6 Å². The predicted octanol–water partition coefficient (Wildman–Crippen LogP) is 2.26. The van der Waals surface area contributed by atoms with E-state index in [9.17, 15) is 18.3 Å². The standard InChI is InChI=1S/C12H14F3NO/c13-8-5-10(15)9(14)4-7(8)11(16)12(17)6-2-1-3-6/h4-6,11-12,17H,1-3,16H2/t11-,12+/m0/s1. The summed E-state index contributed by atoms with van der Waals surface area (Å²) in [5.41, 5.74) is 5.51. The molecule has 2 atom stereocenters. The molecule has 3 N–H and O–H groups in total. The topological polar surface area (TPSA) is 46.2 Å². The number of halogens is 3. The molecule has 1 aliphatic rings. The Morgan fingerprint density at radius 3 is 2.24 bits per heavy atom. The fourth-order valence-corrected chi connectivity index (χ4v) is 2.05. The van der Waals surface area contributed by atoms with E-state index < -0.39 is 29.6 Å². The summed E-state index contributed by atoms with van der Waals surface area (Å²) in [5.74, 6) is -3.30. The highest BCUT2D eigenvalue weighted by Gasteiger charge is 2.32. The van der Waals surface area contributed by atoms with Crippen LogP contribution in [0, 0.1) is 23.4 Å². The van der Waals surface area contributed by atoms with Gasteiger partial charge in [0.25, 0.3) is 0 Å². The Bertz CT molecular complexity index is 420. The zero-order chi connectivity index (χ0) is 12.6. The van der Waals surface area contributed by atoms with Crippen molar-refractivity contribution < 1.29 is 18.3 Å². The molecule has 1 aromatic rings. The minimum Gasteiger partial charge on any atom is -0.391 e. The van der Waals surface area contributed by atoms with E-state index in [1.807, 2.05) is 0 Å². The van der Waals surface area contributed by atoms with Gasteiger partial charge in [-0.25, -0.2) is 13.2 Å². The summed E-state index contributed by atoms with van der Waals surface area (Å²) in [5, 5.41) is 9.87. The summed E-state index contributed by atoms with van der Waals surface area (Å²) in [6.07, 6.45) is 1.76. The molecule has 0 amide bonds. The Hall–Kier alpha value is -1.07. The molecule has 1 fully saturated rings. The van der Waals surface area contributed by atoms with Crippen molar-refractivity contribution in [2.24, 2.45) is 11.7 Å². The lowest BCUT2D eigenvalue weighted by molar-refractivity contribution is 0.0403. The van der Waals surface area contributed by atoms with Crippen LogP contribution in [0.2, 0.25) is 0 Å². The number of benzene rings is 1. The van der Waals surface area contributed by atoms with Gasteiger partial charge in [0.1, 0.15) is 5.82 Å². The molecule has 2 nitrogen and oxygen atoms in total. The highest BCUT2D eigenvalue weighted by molar-refractivity contribution is 5.24. The van der Waals surface area contributed by atoms with Crippen LogP contribution in [0.15, 0.2) is 12.1 Å². The average molecular weight is 245 g/mol. The average Bonchev–Trinajstić information content (AvgIpc) is 2.20. The molecule has 0 heterocycles. The van der Waals surface area contributed by atoms with Crippen LogP contribution in [0.1, 0.15) is 30.9 Å². The third kappa shape index (κ3) is 2.30. The SMILES string of the molecule is N[C@@H](c1cc(F)c(F)cc1F)[C@H](O)C1CCC1. The van der Waals surface area contributed by atoms with Crippen LogP contribution in [0.5, 0.6) is 0 Å². The zero-order valence-electron chi connectivity index (χ0n) is 9.17. The van der Waals surface area contributed by atoms with E-state index in [1.165, 1.54) is 0 Å². The lowest BCUT2D eigenvalue weighted by atomic mass is 9.77. The van der Waals surface area contributed by atoms with Crippen LogP contribution in [0.4, 0.5) is 13.2 Å². The summed E-state index contributed by atoms with van der Waals surface area (Å²) in [4.78, 5) is 0. The molecule has 0 saturated heterocycles. The van der Waals surface area contributed by atoms with E-state index in [0.29, 0.717) is 6.07 Å². The first-order valence-corrected chi connectivity index (χ1v) is 5.59. The van der Waals surface area contributed by atoms with Gasteiger partial charge in [-0.1, -0.05) is 6.42 Å². The van der Waals surface area contributed by atoms with E-state index in [1.54, 1.807) is 0 Å².